The summed E-state index contributed by atoms with van der Waals surface area (Å²) in [5.41, 5.74) is 2.88. The van der Waals surface area contributed by atoms with E-state index in [0.717, 1.165) is 45.4 Å². The number of piperazine rings is 1. The Morgan fingerprint density at radius 3 is 2.72 bits per heavy atom. The number of amides is 3. The fourth-order valence-electron chi connectivity index (χ4n) is 5.89. The molecule has 0 bridgehead atoms. The van der Waals surface area contributed by atoms with Crippen LogP contribution < -0.4 is 16.1 Å². The van der Waals surface area contributed by atoms with Crippen LogP contribution in [0.2, 0.25) is 0 Å². The van der Waals surface area contributed by atoms with Crippen molar-refractivity contribution in [2.24, 2.45) is 11.8 Å². The first-order valence-electron chi connectivity index (χ1n) is 12.5. The monoisotopic (exact) mass is 453 g/mol. The maximum atomic E-state index is 14.1. The summed E-state index contributed by atoms with van der Waals surface area (Å²) in [7, 11) is 1.86. The van der Waals surface area contributed by atoms with Gasteiger partial charge < -0.3 is 20.4 Å². The van der Waals surface area contributed by atoms with Crippen LogP contribution in [0.4, 0.5) is 9.18 Å². The van der Waals surface area contributed by atoms with Gasteiger partial charge in [0.25, 0.3) is 0 Å². The number of hydroxylamine groups is 1. The summed E-state index contributed by atoms with van der Waals surface area (Å²) < 4.78 is 14.1. The average Bonchev–Trinajstić information content (AvgIpc) is 3.11. The van der Waals surface area contributed by atoms with E-state index in [1.54, 1.807) is 4.90 Å². The van der Waals surface area contributed by atoms with E-state index in [4.69, 9.17) is 4.84 Å². The molecular formula is C23H40FN5O3. The van der Waals surface area contributed by atoms with Gasteiger partial charge in [-0.05, 0) is 38.0 Å². The summed E-state index contributed by atoms with van der Waals surface area (Å²) in [5.74, 6) is 0.194. The molecule has 9 heteroatoms. The molecule has 0 aromatic rings. The Labute approximate surface area is 190 Å². The van der Waals surface area contributed by atoms with Crippen LogP contribution in [0.15, 0.2) is 0 Å². The zero-order valence-electron chi connectivity index (χ0n) is 19.5. The molecule has 182 valence electrons. The molecule has 32 heavy (non-hydrogen) atoms. The number of hydrogen-bond acceptors (Lipinski definition) is 5. The van der Waals surface area contributed by atoms with Crippen LogP contribution in [0.3, 0.4) is 0 Å². The summed E-state index contributed by atoms with van der Waals surface area (Å²) >= 11 is 0. The summed E-state index contributed by atoms with van der Waals surface area (Å²) in [4.78, 5) is 33.1. The summed E-state index contributed by atoms with van der Waals surface area (Å²) in [6.07, 6.45) is 6.86. The highest BCUT2D eigenvalue weighted by Gasteiger charge is 2.44. The van der Waals surface area contributed by atoms with E-state index in [0.29, 0.717) is 24.8 Å². The zero-order valence-corrected chi connectivity index (χ0v) is 19.5. The van der Waals surface area contributed by atoms with Gasteiger partial charge in [0.1, 0.15) is 12.2 Å². The molecule has 2 aliphatic carbocycles. The molecular weight excluding hydrogens is 413 g/mol. The second-order valence-corrected chi connectivity index (χ2v) is 10.3. The molecule has 3 N–H and O–H groups in total. The van der Waals surface area contributed by atoms with Gasteiger partial charge in [0.2, 0.25) is 5.91 Å². The molecule has 0 aromatic carbocycles. The van der Waals surface area contributed by atoms with Gasteiger partial charge in [0, 0.05) is 45.2 Å². The van der Waals surface area contributed by atoms with E-state index in [-0.39, 0.29) is 30.0 Å². The highest BCUT2D eigenvalue weighted by Crippen LogP contribution is 2.38. The molecule has 2 saturated carbocycles. The number of carbonyl (C=O) groups is 2. The number of urea groups is 1. The summed E-state index contributed by atoms with van der Waals surface area (Å²) in [5, 5.41) is 6.38. The minimum Gasteiger partial charge on any atom is -0.352 e. The lowest BCUT2D eigenvalue weighted by Gasteiger charge is -2.43. The number of fused-ring (bicyclic) bond motifs is 2. The van der Waals surface area contributed by atoms with E-state index < -0.39 is 12.2 Å². The van der Waals surface area contributed by atoms with Crippen LogP contribution in [-0.2, 0) is 9.63 Å². The van der Waals surface area contributed by atoms with E-state index in [1.165, 1.54) is 19.3 Å². The molecule has 0 radical (unpaired) electrons. The van der Waals surface area contributed by atoms with Gasteiger partial charge in [-0.2, -0.15) is 5.48 Å². The Morgan fingerprint density at radius 1 is 1.19 bits per heavy atom. The normalized spacial score (nSPS) is 37.8. The molecule has 0 aromatic heterocycles. The van der Waals surface area contributed by atoms with Crippen LogP contribution in [0.25, 0.3) is 0 Å². The number of alkyl halides is 1. The lowest BCUT2D eigenvalue weighted by atomic mass is 9.75. The van der Waals surface area contributed by atoms with Gasteiger partial charge in [-0.25, -0.2) is 9.18 Å². The molecule has 3 aliphatic heterocycles. The Hall–Kier alpha value is -1.45. The predicted octanol–water partition coefficient (Wildman–Crippen LogP) is 1.81. The van der Waals surface area contributed by atoms with Crippen molar-refractivity contribution in [1.29, 1.82) is 0 Å². The van der Waals surface area contributed by atoms with Gasteiger partial charge in [-0.15, -0.1) is 0 Å². The molecule has 3 amide bonds. The summed E-state index contributed by atoms with van der Waals surface area (Å²) in [6, 6.07) is 0.492. The van der Waals surface area contributed by atoms with Gasteiger partial charge in [0.05, 0.1) is 12.1 Å². The second kappa shape index (κ2) is 10.7. The Morgan fingerprint density at radius 2 is 1.97 bits per heavy atom. The van der Waals surface area contributed by atoms with Crippen molar-refractivity contribution in [3.05, 3.63) is 0 Å². The molecule has 6 atom stereocenters. The number of likely N-dealkylation sites (N-methyl/N-ethyl adjacent to an activating group) is 1. The van der Waals surface area contributed by atoms with Crippen molar-refractivity contribution in [2.75, 3.05) is 33.2 Å². The molecule has 5 rings (SSSR count). The minimum absolute atomic E-state index is 0.0224. The number of rotatable bonds is 2. The lowest BCUT2D eigenvalue weighted by Crippen LogP contribution is -2.58. The fourth-order valence-corrected chi connectivity index (χ4v) is 5.89. The van der Waals surface area contributed by atoms with Crippen molar-refractivity contribution in [1.82, 2.24) is 25.9 Å². The lowest BCUT2D eigenvalue weighted by molar-refractivity contribution is -0.172. The fraction of sp³-hybridized carbons (Fsp3) is 0.913. The number of nitrogens with one attached hydrogen (secondary N) is 3. The first kappa shape index (κ1) is 23.7. The highest BCUT2D eigenvalue weighted by atomic mass is 19.1. The molecule has 8 nitrogen and oxygen atoms in total. The van der Waals surface area contributed by atoms with Gasteiger partial charge >= 0.3 is 6.03 Å². The molecule has 5 aliphatic rings. The minimum atomic E-state index is -0.835. The average molecular weight is 454 g/mol. The van der Waals surface area contributed by atoms with Gasteiger partial charge in [0.15, 0.2) is 0 Å². The maximum absolute atomic E-state index is 14.1. The third-order valence-electron chi connectivity index (χ3n) is 7.87. The molecule has 6 unspecified atom stereocenters. The molecule has 3 heterocycles. The number of halogens is 1. The van der Waals surface area contributed by atoms with E-state index in [9.17, 15) is 14.0 Å². The van der Waals surface area contributed by atoms with Crippen molar-refractivity contribution < 1.29 is 18.8 Å². The van der Waals surface area contributed by atoms with Crippen molar-refractivity contribution in [3.8, 4) is 0 Å². The van der Waals surface area contributed by atoms with Crippen LogP contribution in [-0.4, -0.2) is 85.4 Å². The second-order valence-electron chi connectivity index (χ2n) is 10.3. The van der Waals surface area contributed by atoms with Crippen LogP contribution in [0.1, 0.15) is 58.3 Å². The van der Waals surface area contributed by atoms with E-state index in [1.807, 2.05) is 11.9 Å². The largest absolute Gasteiger partial charge is 0.352 e. The van der Waals surface area contributed by atoms with E-state index in [2.05, 4.69) is 23.0 Å². The molecule has 0 spiro atoms. The number of carbonyl (C=O) groups excluding carboxylic acids is 2. The molecule has 3 saturated heterocycles. The smallest absolute Gasteiger partial charge is 0.320 e. The van der Waals surface area contributed by atoms with Crippen molar-refractivity contribution >= 4 is 11.9 Å². The topological polar surface area (TPSA) is 85.9 Å². The van der Waals surface area contributed by atoms with Crippen LogP contribution >= 0.6 is 0 Å². The van der Waals surface area contributed by atoms with Crippen LogP contribution in [0.5, 0.6) is 0 Å². The highest BCUT2D eigenvalue weighted by molar-refractivity contribution is 5.82. The third kappa shape index (κ3) is 5.37. The first-order valence-corrected chi connectivity index (χ1v) is 12.5. The Bertz CT molecular complexity index is 662. The maximum Gasteiger partial charge on any atom is 0.320 e. The first-order chi connectivity index (χ1) is 15.4. The SMILES string of the molecule is CC1CCC(F)C2CC(C(=O)NC3CCCCC3)NOC12.CN1CC2CNCCN2C1=O. The summed E-state index contributed by atoms with van der Waals surface area (Å²) in [6.45, 7) is 5.75. The molecule has 5 fully saturated rings. The van der Waals surface area contributed by atoms with Crippen molar-refractivity contribution in [3.63, 3.8) is 0 Å². The quantitative estimate of drug-likeness (QED) is 0.594. The van der Waals surface area contributed by atoms with Crippen molar-refractivity contribution in [2.45, 2.75) is 88.7 Å². The Kier molecular flexibility index (Phi) is 7.89. The van der Waals surface area contributed by atoms with Gasteiger partial charge in [-0.3, -0.25) is 9.63 Å². The Balaban J connectivity index is 0.000000186. The standard InChI is InChI=1S/C16H27FN2O2.C7H13N3O/c1-10-7-8-13(17)12-9-14(19-21-15(10)12)16(20)18-11-5-3-2-4-6-11;1-9-5-6-4-8-2-3-10(6)7(9)11/h10-15,19H,2-9H2,1H3,(H,18,20);6,8H,2-5H2,1H3. The zero-order chi connectivity index (χ0) is 22.7. The van der Waals surface area contributed by atoms with E-state index >= 15 is 0 Å². The predicted molar refractivity (Wildman–Crippen MR) is 120 cm³/mol. The third-order valence-corrected chi connectivity index (χ3v) is 7.87. The number of hydrogen-bond donors (Lipinski definition) is 3. The van der Waals surface area contributed by atoms with Gasteiger partial charge in [-0.1, -0.05) is 26.2 Å². The van der Waals surface area contributed by atoms with Crippen LogP contribution in [0, 0.1) is 11.8 Å². The number of nitrogens with zero attached hydrogens (tertiary/aromatic N) is 2.